The van der Waals surface area contributed by atoms with Crippen molar-refractivity contribution in [3.63, 3.8) is 0 Å². The zero-order valence-electron chi connectivity index (χ0n) is 11.4. The molecular weight excluding hydrogens is 254 g/mol. The predicted molar refractivity (Wildman–Crippen MR) is 75.2 cm³/mol. The van der Waals surface area contributed by atoms with Gasteiger partial charge in [-0.3, -0.25) is 14.8 Å². The second kappa shape index (κ2) is 5.17. The number of nitrogens with zero attached hydrogens (tertiary/aromatic N) is 3. The minimum atomic E-state index is -0.314. The Bertz CT molecular complexity index is 639. The molecule has 0 bridgehead atoms. The largest absolute Gasteiger partial charge is 0.393 e. The highest BCUT2D eigenvalue weighted by Crippen LogP contribution is 2.21. The van der Waals surface area contributed by atoms with Gasteiger partial charge in [0.2, 0.25) is 0 Å². The number of para-hydroxylation sites is 1. The van der Waals surface area contributed by atoms with Crippen LogP contribution in [0.25, 0.3) is 11.0 Å². The first-order chi connectivity index (χ1) is 9.66. The molecule has 1 aromatic carbocycles. The molecule has 1 aromatic heterocycles. The molecule has 5 nitrogen and oxygen atoms in total. The van der Waals surface area contributed by atoms with Crippen LogP contribution in [0.2, 0.25) is 0 Å². The normalized spacial score (nSPS) is 23.0. The van der Waals surface area contributed by atoms with Gasteiger partial charge in [0, 0.05) is 25.5 Å². The van der Waals surface area contributed by atoms with E-state index in [9.17, 15) is 9.90 Å². The summed E-state index contributed by atoms with van der Waals surface area (Å²) in [5, 5.41) is 9.76. The average Bonchev–Trinajstić information content (AvgIpc) is 2.49. The highest BCUT2D eigenvalue weighted by Gasteiger charge is 2.28. The summed E-state index contributed by atoms with van der Waals surface area (Å²) in [6, 6.07) is 5.46. The molecule has 3 rings (SSSR count). The Morgan fingerprint density at radius 3 is 2.95 bits per heavy atom. The fourth-order valence-electron chi connectivity index (χ4n) is 2.65. The predicted octanol–water partition coefficient (Wildman–Crippen LogP) is 1.47. The van der Waals surface area contributed by atoms with Crippen molar-refractivity contribution in [3.8, 4) is 0 Å². The summed E-state index contributed by atoms with van der Waals surface area (Å²) in [5.41, 5.74) is 1.95. The number of benzene rings is 1. The number of hydrogen-bond acceptors (Lipinski definition) is 4. The topological polar surface area (TPSA) is 66.3 Å². The Labute approximate surface area is 117 Å². The summed E-state index contributed by atoms with van der Waals surface area (Å²) < 4.78 is 0. The maximum atomic E-state index is 12.6. The van der Waals surface area contributed by atoms with E-state index in [2.05, 4.69) is 9.97 Å². The highest BCUT2D eigenvalue weighted by atomic mass is 16.3. The molecule has 1 saturated heterocycles. The lowest BCUT2D eigenvalue weighted by atomic mass is 9.96. The Balaban J connectivity index is 1.93. The summed E-state index contributed by atoms with van der Waals surface area (Å²) in [5.74, 6) is 0.0728. The molecule has 104 valence electrons. The van der Waals surface area contributed by atoms with Crippen LogP contribution in [0.4, 0.5) is 0 Å². The Hall–Kier alpha value is -2.01. The van der Waals surface area contributed by atoms with Crippen LogP contribution in [-0.4, -0.2) is 45.1 Å². The van der Waals surface area contributed by atoms with Gasteiger partial charge in [0.25, 0.3) is 5.91 Å². The van der Waals surface area contributed by atoms with Crippen LogP contribution in [0, 0.1) is 5.92 Å². The molecule has 0 radical (unpaired) electrons. The number of aromatic nitrogens is 2. The molecule has 1 amide bonds. The van der Waals surface area contributed by atoms with Crippen molar-refractivity contribution < 1.29 is 9.90 Å². The van der Waals surface area contributed by atoms with Crippen LogP contribution in [0.3, 0.4) is 0 Å². The quantitative estimate of drug-likeness (QED) is 0.853. The molecule has 0 spiro atoms. The Morgan fingerprint density at radius 1 is 1.35 bits per heavy atom. The van der Waals surface area contributed by atoms with Gasteiger partial charge in [-0.1, -0.05) is 13.0 Å². The van der Waals surface area contributed by atoms with Crippen molar-refractivity contribution in [3.05, 3.63) is 36.2 Å². The van der Waals surface area contributed by atoms with Crippen LogP contribution >= 0.6 is 0 Å². The number of carbonyl (C=O) groups excluding carboxylic acids is 1. The minimum absolute atomic E-state index is 0.0325. The van der Waals surface area contributed by atoms with Gasteiger partial charge in [-0.2, -0.15) is 0 Å². The summed E-state index contributed by atoms with van der Waals surface area (Å²) in [6.07, 6.45) is 3.53. The molecule has 1 fully saturated rings. The van der Waals surface area contributed by atoms with Gasteiger partial charge in [-0.05, 0) is 24.5 Å². The number of fused-ring (bicyclic) bond motifs is 1. The van der Waals surface area contributed by atoms with Crippen LogP contribution in [0.5, 0.6) is 0 Å². The summed E-state index contributed by atoms with van der Waals surface area (Å²) in [7, 11) is 0. The second-order valence-corrected chi connectivity index (χ2v) is 5.31. The van der Waals surface area contributed by atoms with Gasteiger partial charge in [0.05, 0.1) is 17.2 Å². The summed E-state index contributed by atoms with van der Waals surface area (Å²) in [4.78, 5) is 22.9. The van der Waals surface area contributed by atoms with Crippen LogP contribution in [0.1, 0.15) is 23.7 Å². The van der Waals surface area contributed by atoms with Gasteiger partial charge in [-0.25, -0.2) is 0 Å². The SMILES string of the molecule is CC1CN(C(=O)c2cccc3nccnc23)CCC1O. The average molecular weight is 271 g/mol. The number of aliphatic hydroxyl groups excluding tert-OH is 1. The molecule has 5 heteroatoms. The number of carbonyl (C=O) groups is 1. The number of piperidine rings is 1. The van der Waals surface area contributed by atoms with Crippen molar-refractivity contribution in [1.29, 1.82) is 0 Å². The number of rotatable bonds is 1. The summed E-state index contributed by atoms with van der Waals surface area (Å²) in [6.45, 7) is 3.13. The number of likely N-dealkylation sites (tertiary alicyclic amines) is 1. The van der Waals surface area contributed by atoms with Crippen LogP contribution in [-0.2, 0) is 0 Å². The lowest BCUT2D eigenvalue weighted by molar-refractivity contribution is 0.0298. The molecule has 2 atom stereocenters. The maximum absolute atomic E-state index is 12.6. The molecular formula is C15H17N3O2. The molecule has 2 aromatic rings. The monoisotopic (exact) mass is 271 g/mol. The van der Waals surface area contributed by atoms with Crippen molar-refractivity contribution >= 4 is 16.9 Å². The van der Waals surface area contributed by atoms with Crippen molar-refractivity contribution in [1.82, 2.24) is 14.9 Å². The van der Waals surface area contributed by atoms with E-state index in [0.29, 0.717) is 30.6 Å². The van der Waals surface area contributed by atoms with Crippen LogP contribution < -0.4 is 0 Å². The molecule has 1 aliphatic heterocycles. The smallest absolute Gasteiger partial charge is 0.256 e. The van der Waals surface area contributed by atoms with Gasteiger partial charge in [-0.15, -0.1) is 0 Å². The van der Waals surface area contributed by atoms with Gasteiger partial charge >= 0.3 is 0 Å². The van der Waals surface area contributed by atoms with Gasteiger partial charge < -0.3 is 10.0 Å². The highest BCUT2D eigenvalue weighted by molar-refractivity contribution is 6.04. The van der Waals surface area contributed by atoms with E-state index >= 15 is 0 Å². The van der Waals surface area contributed by atoms with E-state index in [1.54, 1.807) is 23.4 Å². The molecule has 2 heterocycles. The van der Waals surface area contributed by atoms with Crippen LogP contribution in [0.15, 0.2) is 30.6 Å². The maximum Gasteiger partial charge on any atom is 0.256 e. The van der Waals surface area contributed by atoms with Crippen molar-refractivity contribution in [2.24, 2.45) is 5.92 Å². The first kappa shape index (κ1) is 13.0. The second-order valence-electron chi connectivity index (χ2n) is 5.31. The molecule has 1 aliphatic rings. The number of amides is 1. The van der Waals surface area contributed by atoms with E-state index in [1.807, 2.05) is 19.1 Å². The van der Waals surface area contributed by atoms with E-state index in [-0.39, 0.29) is 17.9 Å². The third-order valence-electron chi connectivity index (χ3n) is 3.88. The Kier molecular flexibility index (Phi) is 3.36. The lowest BCUT2D eigenvalue weighted by Gasteiger charge is -2.34. The standard InChI is InChI=1S/C15H17N3O2/c1-10-9-18(8-5-13(10)19)15(20)11-3-2-4-12-14(11)17-7-6-16-12/h2-4,6-7,10,13,19H,5,8-9H2,1H3. The molecule has 2 unspecified atom stereocenters. The number of hydrogen-bond donors (Lipinski definition) is 1. The first-order valence-electron chi connectivity index (χ1n) is 6.84. The van der Waals surface area contributed by atoms with E-state index in [4.69, 9.17) is 0 Å². The molecule has 0 saturated carbocycles. The van der Waals surface area contributed by atoms with Gasteiger partial charge in [0.1, 0.15) is 5.52 Å². The zero-order valence-corrected chi connectivity index (χ0v) is 11.4. The fraction of sp³-hybridized carbons (Fsp3) is 0.400. The summed E-state index contributed by atoms with van der Waals surface area (Å²) >= 11 is 0. The third kappa shape index (κ3) is 2.25. The molecule has 0 aliphatic carbocycles. The number of aliphatic hydroxyl groups is 1. The Morgan fingerprint density at radius 2 is 2.15 bits per heavy atom. The zero-order chi connectivity index (χ0) is 14.1. The lowest BCUT2D eigenvalue weighted by Crippen LogP contribution is -2.45. The minimum Gasteiger partial charge on any atom is -0.393 e. The van der Waals surface area contributed by atoms with E-state index < -0.39 is 0 Å². The molecule has 1 N–H and O–H groups in total. The van der Waals surface area contributed by atoms with E-state index in [1.165, 1.54) is 0 Å². The first-order valence-corrected chi connectivity index (χ1v) is 6.84. The van der Waals surface area contributed by atoms with Crippen molar-refractivity contribution in [2.45, 2.75) is 19.4 Å². The van der Waals surface area contributed by atoms with Crippen molar-refractivity contribution in [2.75, 3.05) is 13.1 Å². The third-order valence-corrected chi connectivity index (χ3v) is 3.88. The fourth-order valence-corrected chi connectivity index (χ4v) is 2.65. The molecule has 20 heavy (non-hydrogen) atoms. The van der Waals surface area contributed by atoms with E-state index in [0.717, 1.165) is 5.52 Å². The van der Waals surface area contributed by atoms with Gasteiger partial charge in [0.15, 0.2) is 0 Å².